The van der Waals surface area contributed by atoms with Crippen LogP contribution in [0.25, 0.3) is 0 Å². The van der Waals surface area contributed by atoms with E-state index in [0.29, 0.717) is 6.92 Å². The molecule has 1 unspecified atom stereocenters. The Kier molecular flexibility index (Phi) is 6.06. The maximum atomic E-state index is 12.5. The van der Waals surface area contributed by atoms with Crippen LogP contribution >= 0.6 is 0 Å². The smallest absolute Gasteiger partial charge is 0.422 e. The molecule has 0 aliphatic rings. The molecule has 0 fully saturated rings. The van der Waals surface area contributed by atoms with Gasteiger partial charge in [-0.05, 0) is 6.92 Å². The Hall–Kier alpha value is -1.35. The third-order valence-corrected chi connectivity index (χ3v) is 2.05. The van der Waals surface area contributed by atoms with E-state index >= 15 is 0 Å². The van der Waals surface area contributed by atoms with E-state index in [1.54, 1.807) is 0 Å². The van der Waals surface area contributed by atoms with Gasteiger partial charge >= 0.3 is 12.1 Å². The van der Waals surface area contributed by atoms with Crippen molar-refractivity contribution in [1.29, 1.82) is 0 Å². The quantitative estimate of drug-likeness (QED) is 0.646. The molecule has 0 aromatic carbocycles. The predicted molar refractivity (Wildman–Crippen MR) is 52.9 cm³/mol. The van der Waals surface area contributed by atoms with Crippen LogP contribution in [0.5, 0.6) is 0 Å². The summed E-state index contributed by atoms with van der Waals surface area (Å²) < 4.78 is 46.8. The van der Waals surface area contributed by atoms with Gasteiger partial charge in [-0.2, -0.15) is 13.2 Å². The lowest BCUT2D eigenvalue weighted by Gasteiger charge is -2.28. The number of rotatable bonds is 7. The average molecular weight is 273 g/mol. The summed E-state index contributed by atoms with van der Waals surface area (Å²) in [6.45, 7) is -0.132. The van der Waals surface area contributed by atoms with E-state index in [2.05, 4.69) is 9.47 Å². The molecule has 1 atom stereocenters. The van der Waals surface area contributed by atoms with E-state index in [9.17, 15) is 22.8 Å². The number of carbonyl (C=O) groups is 2. The first-order chi connectivity index (χ1) is 8.15. The third kappa shape index (κ3) is 4.49. The highest BCUT2D eigenvalue weighted by molar-refractivity contribution is 5.88. The van der Waals surface area contributed by atoms with Crippen molar-refractivity contribution in [3.8, 4) is 0 Å². The molecule has 0 heterocycles. The first-order valence-corrected chi connectivity index (χ1v) is 4.83. The van der Waals surface area contributed by atoms with Gasteiger partial charge in [-0.15, -0.1) is 0 Å². The molecule has 0 aliphatic carbocycles. The molecule has 1 amide bonds. The lowest BCUT2D eigenvalue weighted by Crippen LogP contribution is -2.62. The monoisotopic (exact) mass is 273 g/mol. The minimum Gasteiger partial charge on any atom is -0.479 e. The lowest BCUT2D eigenvalue weighted by atomic mass is 10.0. The number of carboxylic acids is 1. The molecular formula is C9H14F3NO5. The number of carbonyl (C=O) groups excluding carboxylic acids is 1. The highest BCUT2D eigenvalue weighted by Crippen LogP contribution is 2.30. The molecule has 0 saturated heterocycles. The van der Waals surface area contributed by atoms with Crippen molar-refractivity contribution >= 4 is 11.9 Å². The molecule has 18 heavy (non-hydrogen) atoms. The first-order valence-electron chi connectivity index (χ1n) is 4.83. The highest BCUT2D eigenvalue weighted by Gasteiger charge is 2.58. The largest absolute Gasteiger partial charge is 0.479 e. The summed E-state index contributed by atoms with van der Waals surface area (Å²) in [5, 5.41) is 9.91. The average Bonchev–Trinajstić information content (AvgIpc) is 2.22. The van der Waals surface area contributed by atoms with Crippen LogP contribution in [-0.2, 0) is 19.1 Å². The van der Waals surface area contributed by atoms with Crippen molar-refractivity contribution in [3.05, 3.63) is 0 Å². The van der Waals surface area contributed by atoms with E-state index < -0.39 is 30.2 Å². The van der Waals surface area contributed by atoms with Gasteiger partial charge < -0.3 is 19.9 Å². The van der Waals surface area contributed by atoms with Crippen LogP contribution in [0.15, 0.2) is 0 Å². The maximum Gasteiger partial charge on any atom is 0.422 e. The SMILES string of the molecule is COCCOCC(=O)NC(C)(C(=O)O)C(F)(F)F. The van der Waals surface area contributed by atoms with Crippen LogP contribution in [0.1, 0.15) is 6.92 Å². The van der Waals surface area contributed by atoms with Gasteiger partial charge in [-0.1, -0.05) is 0 Å². The fourth-order valence-corrected chi connectivity index (χ4v) is 0.868. The molecule has 2 N–H and O–H groups in total. The second-order valence-electron chi connectivity index (χ2n) is 3.52. The number of alkyl halides is 3. The van der Waals surface area contributed by atoms with Gasteiger partial charge in [-0.25, -0.2) is 4.79 Å². The Labute approximate surface area is 101 Å². The van der Waals surface area contributed by atoms with Crippen LogP contribution in [0.2, 0.25) is 0 Å². The van der Waals surface area contributed by atoms with E-state index in [-0.39, 0.29) is 13.2 Å². The number of nitrogens with one attached hydrogen (secondary N) is 1. The zero-order valence-corrected chi connectivity index (χ0v) is 9.84. The first kappa shape index (κ1) is 16.6. The van der Waals surface area contributed by atoms with Gasteiger partial charge in [-0.3, -0.25) is 4.79 Å². The fourth-order valence-electron chi connectivity index (χ4n) is 0.868. The van der Waals surface area contributed by atoms with Gasteiger partial charge in [0.05, 0.1) is 13.2 Å². The zero-order chi connectivity index (χ0) is 14.4. The number of aliphatic carboxylic acids is 1. The van der Waals surface area contributed by atoms with Crippen molar-refractivity contribution in [2.45, 2.75) is 18.6 Å². The number of halogens is 3. The molecule has 0 rings (SSSR count). The zero-order valence-electron chi connectivity index (χ0n) is 9.84. The topological polar surface area (TPSA) is 84.9 Å². The van der Waals surface area contributed by atoms with Crippen LogP contribution in [0.3, 0.4) is 0 Å². The van der Waals surface area contributed by atoms with Gasteiger partial charge in [0.25, 0.3) is 0 Å². The molecule has 0 aromatic heterocycles. The molecular weight excluding hydrogens is 259 g/mol. The Bertz CT molecular complexity index is 307. The van der Waals surface area contributed by atoms with Gasteiger partial charge in [0.1, 0.15) is 6.61 Å². The number of amides is 1. The van der Waals surface area contributed by atoms with Crippen LogP contribution in [-0.4, -0.2) is 55.6 Å². The second kappa shape index (κ2) is 6.55. The Morgan fingerprint density at radius 1 is 1.28 bits per heavy atom. The highest BCUT2D eigenvalue weighted by atomic mass is 19.4. The molecule has 6 nitrogen and oxygen atoms in total. The van der Waals surface area contributed by atoms with Gasteiger partial charge in [0.2, 0.25) is 11.4 Å². The summed E-state index contributed by atoms with van der Waals surface area (Å²) in [4.78, 5) is 21.7. The van der Waals surface area contributed by atoms with E-state index in [0.717, 1.165) is 0 Å². The summed E-state index contributed by atoms with van der Waals surface area (Å²) in [7, 11) is 1.38. The minimum atomic E-state index is -5.11. The Morgan fingerprint density at radius 2 is 1.83 bits per heavy atom. The second-order valence-corrected chi connectivity index (χ2v) is 3.52. The Morgan fingerprint density at radius 3 is 2.22 bits per heavy atom. The van der Waals surface area contributed by atoms with Crippen LogP contribution in [0, 0.1) is 0 Å². The van der Waals surface area contributed by atoms with Crippen molar-refractivity contribution < 1.29 is 37.3 Å². The lowest BCUT2D eigenvalue weighted by molar-refractivity contribution is -0.207. The number of carboxylic acid groups (broad SMARTS) is 1. The predicted octanol–water partition coefficient (Wildman–Crippen LogP) is 0.171. The molecule has 0 bridgehead atoms. The molecule has 0 spiro atoms. The molecule has 106 valence electrons. The van der Waals surface area contributed by atoms with E-state index in [1.165, 1.54) is 12.4 Å². The summed E-state index contributed by atoms with van der Waals surface area (Å²) in [6, 6.07) is 0. The Balaban J connectivity index is 4.44. The summed E-state index contributed by atoms with van der Waals surface area (Å²) in [5.41, 5.74) is -3.34. The van der Waals surface area contributed by atoms with Crippen LogP contribution in [0.4, 0.5) is 13.2 Å². The van der Waals surface area contributed by atoms with Gasteiger partial charge in [0.15, 0.2) is 0 Å². The summed E-state index contributed by atoms with van der Waals surface area (Å²) >= 11 is 0. The third-order valence-electron chi connectivity index (χ3n) is 2.05. The van der Waals surface area contributed by atoms with E-state index in [4.69, 9.17) is 5.11 Å². The van der Waals surface area contributed by atoms with Crippen molar-refractivity contribution in [2.24, 2.45) is 0 Å². The van der Waals surface area contributed by atoms with Crippen molar-refractivity contribution in [3.63, 3.8) is 0 Å². The number of hydrogen-bond donors (Lipinski definition) is 2. The number of ether oxygens (including phenoxy) is 2. The van der Waals surface area contributed by atoms with E-state index in [1.807, 2.05) is 0 Å². The number of methoxy groups -OCH3 is 1. The van der Waals surface area contributed by atoms with Crippen LogP contribution < -0.4 is 5.32 Å². The van der Waals surface area contributed by atoms with Gasteiger partial charge in [0, 0.05) is 7.11 Å². The normalized spacial score (nSPS) is 14.9. The fraction of sp³-hybridized carbons (Fsp3) is 0.778. The molecule has 0 saturated carbocycles. The number of hydrogen-bond acceptors (Lipinski definition) is 4. The standard InChI is InChI=1S/C9H14F3NO5/c1-8(7(15)16,9(10,11)12)13-6(14)5-18-4-3-17-2/h3-5H2,1-2H3,(H,13,14)(H,15,16). The minimum absolute atomic E-state index is 0.0136. The molecule has 9 heteroatoms. The molecule has 0 aliphatic heterocycles. The molecule has 0 aromatic rings. The van der Waals surface area contributed by atoms with Crippen molar-refractivity contribution in [1.82, 2.24) is 5.32 Å². The molecule has 0 radical (unpaired) electrons. The summed E-state index contributed by atoms with van der Waals surface area (Å²) in [5.74, 6) is -3.37. The van der Waals surface area contributed by atoms with Crippen molar-refractivity contribution in [2.75, 3.05) is 26.9 Å². The summed E-state index contributed by atoms with van der Waals surface area (Å²) in [6.07, 6.45) is -5.11. The maximum absolute atomic E-state index is 12.5.